The number of esters is 2. The standard InChI is InChI=1S/C12H12O6/c1-17-9(14)6-7-4-3-5-8(13)11(15)10(7)12(16)18-2/h3-5H,6H2,1-2H3,(H,13,15). The highest BCUT2D eigenvalue weighted by molar-refractivity contribution is 5.95. The Morgan fingerprint density at radius 2 is 1.89 bits per heavy atom. The minimum absolute atomic E-state index is 0.160. The van der Waals surface area contributed by atoms with Gasteiger partial charge in [-0.25, -0.2) is 4.79 Å². The summed E-state index contributed by atoms with van der Waals surface area (Å²) in [7, 11) is 2.31. The van der Waals surface area contributed by atoms with E-state index in [0.717, 1.165) is 13.2 Å². The quantitative estimate of drug-likeness (QED) is 0.776. The molecular formula is C12H12O6. The number of carbonyl (C=O) groups is 2. The van der Waals surface area contributed by atoms with Crippen LogP contribution >= 0.6 is 0 Å². The molecule has 6 nitrogen and oxygen atoms in total. The van der Waals surface area contributed by atoms with E-state index in [4.69, 9.17) is 0 Å². The molecule has 1 rings (SSSR count). The minimum Gasteiger partial charge on any atom is -0.504 e. The lowest BCUT2D eigenvalue weighted by Gasteiger charge is -2.05. The number of ether oxygens (including phenoxy) is 2. The van der Waals surface area contributed by atoms with Crippen LogP contribution in [0.3, 0.4) is 0 Å². The maximum absolute atomic E-state index is 11.5. The Morgan fingerprint density at radius 3 is 2.44 bits per heavy atom. The van der Waals surface area contributed by atoms with Crippen molar-refractivity contribution < 1.29 is 24.2 Å². The predicted molar refractivity (Wildman–Crippen MR) is 61.4 cm³/mol. The molecule has 1 aromatic carbocycles. The van der Waals surface area contributed by atoms with Crippen molar-refractivity contribution in [1.82, 2.24) is 0 Å². The van der Waals surface area contributed by atoms with E-state index < -0.39 is 23.1 Å². The van der Waals surface area contributed by atoms with Crippen LogP contribution in [0.5, 0.6) is 5.75 Å². The van der Waals surface area contributed by atoms with Gasteiger partial charge in [-0.1, -0.05) is 12.1 Å². The summed E-state index contributed by atoms with van der Waals surface area (Å²) in [6.07, 6.45) is -0.247. The van der Waals surface area contributed by atoms with Crippen molar-refractivity contribution in [2.24, 2.45) is 0 Å². The molecule has 0 unspecified atom stereocenters. The van der Waals surface area contributed by atoms with E-state index in [-0.39, 0.29) is 17.5 Å². The number of carbonyl (C=O) groups excluding carboxylic acids is 2. The molecule has 0 amide bonds. The van der Waals surface area contributed by atoms with E-state index in [2.05, 4.69) is 9.47 Å². The molecule has 0 aliphatic carbocycles. The maximum Gasteiger partial charge on any atom is 0.342 e. The normalized spacial score (nSPS) is 9.67. The van der Waals surface area contributed by atoms with E-state index in [9.17, 15) is 19.5 Å². The Bertz CT molecular complexity index is 535. The van der Waals surface area contributed by atoms with Gasteiger partial charge in [0.25, 0.3) is 0 Å². The summed E-state index contributed by atoms with van der Waals surface area (Å²) >= 11 is 0. The fourth-order valence-corrected chi connectivity index (χ4v) is 1.39. The highest BCUT2D eigenvalue weighted by atomic mass is 16.5. The molecule has 0 aliphatic rings. The molecule has 1 N–H and O–H groups in total. The molecule has 1 aromatic rings. The van der Waals surface area contributed by atoms with Gasteiger partial charge in [-0.3, -0.25) is 9.59 Å². The average molecular weight is 252 g/mol. The van der Waals surface area contributed by atoms with E-state index in [1.54, 1.807) is 0 Å². The zero-order valence-corrected chi connectivity index (χ0v) is 9.93. The van der Waals surface area contributed by atoms with Crippen molar-refractivity contribution in [3.63, 3.8) is 0 Å². The van der Waals surface area contributed by atoms with Crippen LogP contribution in [0.15, 0.2) is 23.0 Å². The molecule has 0 atom stereocenters. The summed E-state index contributed by atoms with van der Waals surface area (Å²) < 4.78 is 8.95. The first-order valence-corrected chi connectivity index (χ1v) is 5.01. The molecule has 0 saturated carbocycles. The van der Waals surface area contributed by atoms with Crippen LogP contribution in [-0.4, -0.2) is 31.3 Å². The third-order valence-electron chi connectivity index (χ3n) is 2.29. The van der Waals surface area contributed by atoms with Crippen LogP contribution in [0.1, 0.15) is 15.9 Å². The molecule has 0 fully saturated rings. The SMILES string of the molecule is COC(=O)Cc1cccc(=O)c(O)c1C(=O)OC. The van der Waals surface area contributed by atoms with Crippen molar-refractivity contribution in [3.8, 4) is 5.75 Å². The van der Waals surface area contributed by atoms with Crippen molar-refractivity contribution >= 4 is 11.9 Å². The lowest BCUT2D eigenvalue weighted by Crippen LogP contribution is -2.12. The van der Waals surface area contributed by atoms with E-state index in [1.807, 2.05) is 0 Å². The van der Waals surface area contributed by atoms with E-state index in [1.165, 1.54) is 19.2 Å². The number of rotatable bonds is 3. The van der Waals surface area contributed by atoms with E-state index in [0.29, 0.717) is 0 Å². The van der Waals surface area contributed by atoms with E-state index >= 15 is 0 Å². The Balaban J connectivity index is 3.46. The second kappa shape index (κ2) is 5.81. The lowest BCUT2D eigenvalue weighted by atomic mass is 10.1. The summed E-state index contributed by atoms with van der Waals surface area (Å²) in [6, 6.07) is 3.81. The second-order valence-electron chi connectivity index (χ2n) is 3.38. The molecule has 0 aliphatic heterocycles. The number of methoxy groups -OCH3 is 2. The molecule has 96 valence electrons. The number of aromatic hydroxyl groups is 1. The van der Waals surface area contributed by atoms with Gasteiger partial charge in [0.15, 0.2) is 5.75 Å². The van der Waals surface area contributed by atoms with Crippen molar-refractivity contribution in [1.29, 1.82) is 0 Å². The third kappa shape index (κ3) is 2.85. The Hall–Kier alpha value is -2.37. The number of hydrogen-bond acceptors (Lipinski definition) is 6. The van der Waals surface area contributed by atoms with Crippen LogP contribution in [-0.2, 0) is 20.7 Å². The molecule has 0 spiro atoms. The maximum atomic E-state index is 11.5. The first-order chi connectivity index (χ1) is 8.51. The highest BCUT2D eigenvalue weighted by Crippen LogP contribution is 2.18. The molecule has 18 heavy (non-hydrogen) atoms. The van der Waals surface area contributed by atoms with Gasteiger partial charge in [0.2, 0.25) is 5.43 Å². The summed E-state index contributed by atoms with van der Waals surface area (Å²) in [5, 5.41) is 9.66. The topological polar surface area (TPSA) is 89.9 Å². The molecule has 0 aromatic heterocycles. The first kappa shape index (κ1) is 13.7. The first-order valence-electron chi connectivity index (χ1n) is 5.01. The Morgan fingerprint density at radius 1 is 1.22 bits per heavy atom. The summed E-state index contributed by atoms with van der Waals surface area (Å²) in [5.74, 6) is -2.23. The summed E-state index contributed by atoms with van der Waals surface area (Å²) in [5.41, 5.74) is -0.891. The monoisotopic (exact) mass is 252 g/mol. The van der Waals surface area contributed by atoms with Gasteiger partial charge in [-0.15, -0.1) is 0 Å². The van der Waals surface area contributed by atoms with Gasteiger partial charge in [0.05, 0.1) is 20.6 Å². The van der Waals surface area contributed by atoms with Crippen LogP contribution in [0, 0.1) is 0 Å². The predicted octanol–water partition coefficient (Wildman–Crippen LogP) is 0.254. The molecule has 6 heteroatoms. The van der Waals surface area contributed by atoms with Crippen LogP contribution < -0.4 is 5.43 Å². The largest absolute Gasteiger partial charge is 0.504 e. The molecule has 0 bridgehead atoms. The lowest BCUT2D eigenvalue weighted by molar-refractivity contribution is -0.139. The smallest absolute Gasteiger partial charge is 0.342 e. The minimum atomic E-state index is -0.889. The molecule has 0 radical (unpaired) electrons. The molecular weight excluding hydrogens is 240 g/mol. The zero-order chi connectivity index (χ0) is 13.7. The molecule has 0 saturated heterocycles. The van der Waals surface area contributed by atoms with Gasteiger partial charge < -0.3 is 14.6 Å². The van der Waals surface area contributed by atoms with Gasteiger partial charge in [-0.2, -0.15) is 0 Å². The second-order valence-corrected chi connectivity index (χ2v) is 3.38. The van der Waals surface area contributed by atoms with Gasteiger partial charge in [0.1, 0.15) is 5.56 Å². The fourth-order valence-electron chi connectivity index (χ4n) is 1.39. The Labute approximate surface area is 103 Å². The fraction of sp³-hybridized carbons (Fsp3) is 0.250. The van der Waals surface area contributed by atoms with Crippen LogP contribution in [0.25, 0.3) is 0 Å². The van der Waals surface area contributed by atoms with Gasteiger partial charge in [-0.05, 0) is 11.6 Å². The third-order valence-corrected chi connectivity index (χ3v) is 2.29. The summed E-state index contributed by atoms with van der Waals surface area (Å²) in [4.78, 5) is 34.1. The average Bonchev–Trinajstić information content (AvgIpc) is 2.49. The van der Waals surface area contributed by atoms with Crippen molar-refractivity contribution in [2.45, 2.75) is 6.42 Å². The summed E-state index contributed by atoms with van der Waals surface area (Å²) in [6.45, 7) is 0. The van der Waals surface area contributed by atoms with Crippen molar-refractivity contribution in [3.05, 3.63) is 39.5 Å². The van der Waals surface area contributed by atoms with Crippen LogP contribution in [0.4, 0.5) is 0 Å². The van der Waals surface area contributed by atoms with Crippen molar-refractivity contribution in [2.75, 3.05) is 14.2 Å². The highest BCUT2D eigenvalue weighted by Gasteiger charge is 2.20. The van der Waals surface area contributed by atoms with Gasteiger partial charge >= 0.3 is 11.9 Å². The molecule has 0 heterocycles. The van der Waals surface area contributed by atoms with Crippen LogP contribution in [0.2, 0.25) is 0 Å². The Kier molecular flexibility index (Phi) is 4.42. The van der Waals surface area contributed by atoms with Gasteiger partial charge in [0, 0.05) is 0 Å². The number of hydrogen-bond donors (Lipinski definition) is 1. The zero-order valence-electron chi connectivity index (χ0n) is 9.93.